The number of amides is 2. The van der Waals surface area contributed by atoms with Gasteiger partial charge >= 0.3 is 0 Å². The number of aryl methyl sites for hydroxylation is 3. The van der Waals surface area contributed by atoms with Crippen LogP contribution in [0.25, 0.3) is 0 Å². The molecule has 2 amide bonds. The number of carbonyl (C=O) groups is 3. The number of aliphatic imine (C=N–C) groups is 1. The summed E-state index contributed by atoms with van der Waals surface area (Å²) in [5.41, 5.74) is 4.92. The highest BCUT2D eigenvalue weighted by atomic mass is 16.2. The van der Waals surface area contributed by atoms with Crippen molar-refractivity contribution in [2.75, 3.05) is 10.6 Å². The summed E-state index contributed by atoms with van der Waals surface area (Å²) >= 11 is 0. The molecule has 1 aliphatic rings. The Morgan fingerprint density at radius 2 is 1.84 bits per heavy atom. The Labute approximate surface area is 212 Å². The highest BCUT2D eigenvalue weighted by molar-refractivity contribution is 6.15. The molecule has 0 bridgehead atoms. The fourth-order valence-corrected chi connectivity index (χ4v) is 4.23. The quantitative estimate of drug-likeness (QED) is 0.261. The third-order valence-corrected chi connectivity index (χ3v) is 6.08. The van der Waals surface area contributed by atoms with Crippen LogP contribution in [0, 0.1) is 13.8 Å². The van der Waals surface area contributed by atoms with Gasteiger partial charge in [0.15, 0.2) is 11.6 Å². The lowest BCUT2D eigenvalue weighted by Gasteiger charge is -2.08. The Hall–Kier alpha value is -4.86. The number of carbonyl (C=O) groups excluding carboxylic acids is 3. The molecule has 0 radical (unpaired) electrons. The van der Waals surface area contributed by atoms with Gasteiger partial charge in [-0.05, 0) is 62.7 Å². The molecule has 2 aromatic carbocycles. The predicted octanol–water partition coefficient (Wildman–Crippen LogP) is 4.16. The molecule has 0 spiro atoms. The molecule has 10 heteroatoms. The monoisotopic (exact) mass is 495 g/mol. The Balaban J connectivity index is 1.29. The fraction of sp³-hybridized carbons (Fsp3) is 0.185. The SMILES string of the molecule is CCn1nc(C)cc1C(=O)Nc1ccc(C(=O)c2ccc3c(c2)NC(=O)C3C=Nc2cc(C)[nH]n2)cc1. The van der Waals surface area contributed by atoms with E-state index >= 15 is 0 Å². The van der Waals surface area contributed by atoms with Gasteiger partial charge in [0, 0.05) is 47.0 Å². The van der Waals surface area contributed by atoms with Gasteiger partial charge in [-0.1, -0.05) is 12.1 Å². The van der Waals surface area contributed by atoms with Crippen molar-refractivity contribution < 1.29 is 14.4 Å². The number of benzene rings is 2. The molecule has 2 aromatic heterocycles. The van der Waals surface area contributed by atoms with Crippen molar-refractivity contribution in [1.82, 2.24) is 20.0 Å². The molecule has 0 saturated heterocycles. The van der Waals surface area contributed by atoms with Crippen LogP contribution in [0.2, 0.25) is 0 Å². The van der Waals surface area contributed by atoms with Crippen LogP contribution in [-0.4, -0.2) is 43.8 Å². The van der Waals surface area contributed by atoms with Crippen molar-refractivity contribution in [3.8, 4) is 0 Å². The Morgan fingerprint density at radius 1 is 1.08 bits per heavy atom. The summed E-state index contributed by atoms with van der Waals surface area (Å²) < 4.78 is 1.64. The number of aromatic amines is 1. The molecule has 0 saturated carbocycles. The van der Waals surface area contributed by atoms with Crippen molar-refractivity contribution in [1.29, 1.82) is 0 Å². The highest BCUT2D eigenvalue weighted by Gasteiger charge is 2.30. The molecular weight excluding hydrogens is 470 g/mol. The number of anilines is 2. The second kappa shape index (κ2) is 9.65. The van der Waals surface area contributed by atoms with E-state index in [1.807, 2.05) is 20.8 Å². The molecular formula is C27H25N7O3. The van der Waals surface area contributed by atoms with Crippen molar-refractivity contribution in [2.45, 2.75) is 33.2 Å². The number of aromatic nitrogens is 4. The minimum absolute atomic E-state index is 0.196. The zero-order chi connectivity index (χ0) is 26.1. The first-order valence-corrected chi connectivity index (χ1v) is 11.8. The van der Waals surface area contributed by atoms with Gasteiger partial charge in [0.25, 0.3) is 5.91 Å². The zero-order valence-electron chi connectivity index (χ0n) is 20.6. The minimum Gasteiger partial charge on any atom is -0.325 e. The molecule has 0 aliphatic carbocycles. The van der Waals surface area contributed by atoms with Gasteiger partial charge in [0.05, 0.1) is 5.69 Å². The first kappa shape index (κ1) is 23.9. The van der Waals surface area contributed by atoms with Crippen LogP contribution in [-0.2, 0) is 11.3 Å². The van der Waals surface area contributed by atoms with Gasteiger partial charge < -0.3 is 10.6 Å². The Kier molecular flexibility index (Phi) is 6.22. The molecule has 10 nitrogen and oxygen atoms in total. The van der Waals surface area contributed by atoms with Gasteiger partial charge in [0.1, 0.15) is 11.6 Å². The van der Waals surface area contributed by atoms with E-state index in [4.69, 9.17) is 0 Å². The molecule has 3 N–H and O–H groups in total. The van der Waals surface area contributed by atoms with E-state index in [0.717, 1.165) is 17.0 Å². The largest absolute Gasteiger partial charge is 0.325 e. The molecule has 1 unspecified atom stereocenters. The van der Waals surface area contributed by atoms with E-state index in [-0.39, 0.29) is 17.6 Å². The lowest BCUT2D eigenvalue weighted by atomic mass is 9.97. The molecule has 1 atom stereocenters. The maximum atomic E-state index is 13.1. The topological polar surface area (TPSA) is 134 Å². The first-order chi connectivity index (χ1) is 17.8. The molecule has 1 aliphatic heterocycles. The lowest BCUT2D eigenvalue weighted by Crippen LogP contribution is -2.17. The van der Waals surface area contributed by atoms with Gasteiger partial charge in [0.2, 0.25) is 5.91 Å². The lowest BCUT2D eigenvalue weighted by molar-refractivity contribution is -0.115. The smallest absolute Gasteiger partial charge is 0.273 e. The third kappa shape index (κ3) is 4.81. The van der Waals surface area contributed by atoms with Crippen LogP contribution in [0.1, 0.15) is 56.2 Å². The summed E-state index contributed by atoms with van der Waals surface area (Å²) in [6.07, 6.45) is 1.56. The van der Waals surface area contributed by atoms with E-state index < -0.39 is 5.92 Å². The summed E-state index contributed by atoms with van der Waals surface area (Å²) in [6.45, 7) is 6.21. The Bertz CT molecular complexity index is 1550. The van der Waals surface area contributed by atoms with Gasteiger partial charge in [-0.2, -0.15) is 10.2 Å². The normalized spacial score (nSPS) is 14.6. The number of nitrogens with zero attached hydrogens (tertiary/aromatic N) is 4. The van der Waals surface area contributed by atoms with Crippen LogP contribution in [0.4, 0.5) is 17.2 Å². The molecule has 4 aromatic rings. The second-order valence-corrected chi connectivity index (χ2v) is 8.80. The highest BCUT2D eigenvalue weighted by Crippen LogP contribution is 2.33. The van der Waals surface area contributed by atoms with Gasteiger partial charge in [-0.25, -0.2) is 4.99 Å². The number of H-pyrrole nitrogens is 1. The summed E-state index contributed by atoms with van der Waals surface area (Å²) in [4.78, 5) is 42.6. The van der Waals surface area contributed by atoms with E-state index in [1.54, 1.807) is 65.5 Å². The van der Waals surface area contributed by atoms with E-state index in [9.17, 15) is 14.4 Å². The van der Waals surface area contributed by atoms with Crippen LogP contribution in [0.15, 0.2) is 59.6 Å². The summed E-state index contributed by atoms with van der Waals surface area (Å²) in [7, 11) is 0. The van der Waals surface area contributed by atoms with Crippen molar-refractivity contribution in [3.05, 3.63) is 88.4 Å². The number of nitrogens with one attached hydrogen (secondary N) is 3. The third-order valence-electron chi connectivity index (χ3n) is 6.08. The molecule has 37 heavy (non-hydrogen) atoms. The molecule has 186 valence electrons. The number of ketones is 1. The molecule has 5 rings (SSSR count). The summed E-state index contributed by atoms with van der Waals surface area (Å²) in [5, 5.41) is 16.8. The van der Waals surface area contributed by atoms with Crippen molar-refractivity contribution in [2.24, 2.45) is 4.99 Å². The number of hydrogen-bond acceptors (Lipinski definition) is 6. The van der Waals surface area contributed by atoms with Gasteiger partial charge in [-0.15, -0.1) is 0 Å². The first-order valence-electron chi connectivity index (χ1n) is 11.8. The predicted molar refractivity (Wildman–Crippen MR) is 140 cm³/mol. The van der Waals surface area contributed by atoms with Crippen LogP contribution >= 0.6 is 0 Å². The number of fused-ring (bicyclic) bond motifs is 1. The van der Waals surface area contributed by atoms with E-state index in [0.29, 0.717) is 40.6 Å². The minimum atomic E-state index is -0.563. The maximum absolute atomic E-state index is 13.1. The fourth-order valence-electron chi connectivity index (χ4n) is 4.23. The average Bonchev–Trinajstić information content (AvgIpc) is 3.57. The van der Waals surface area contributed by atoms with Crippen LogP contribution in [0.3, 0.4) is 0 Å². The van der Waals surface area contributed by atoms with E-state index in [2.05, 4.69) is 30.9 Å². The summed E-state index contributed by atoms with van der Waals surface area (Å²) in [5.74, 6) is -0.742. The van der Waals surface area contributed by atoms with E-state index in [1.165, 1.54) is 0 Å². The number of rotatable bonds is 7. The average molecular weight is 496 g/mol. The zero-order valence-corrected chi connectivity index (χ0v) is 20.6. The van der Waals surface area contributed by atoms with Crippen molar-refractivity contribution in [3.63, 3.8) is 0 Å². The summed E-state index contributed by atoms with van der Waals surface area (Å²) in [6, 6.07) is 15.3. The second-order valence-electron chi connectivity index (χ2n) is 8.80. The number of hydrogen-bond donors (Lipinski definition) is 3. The maximum Gasteiger partial charge on any atom is 0.273 e. The molecule has 3 heterocycles. The van der Waals surface area contributed by atoms with Gasteiger partial charge in [-0.3, -0.25) is 24.2 Å². The van der Waals surface area contributed by atoms with Crippen LogP contribution in [0.5, 0.6) is 0 Å². The Morgan fingerprint density at radius 3 is 2.54 bits per heavy atom. The standard InChI is InChI=1S/C27H25N7O3/c1-4-34-23(11-16(3)33-34)27(37)29-19-8-5-17(6-9-19)25(35)18-7-10-20-21(26(36)30-22(20)13-18)14-28-24-12-15(2)31-32-24/h5-14,21H,4H2,1-3H3,(H,29,37)(H,30,36)(H,31,32). The van der Waals surface area contributed by atoms with Crippen LogP contribution < -0.4 is 10.6 Å². The molecule has 0 fully saturated rings. The van der Waals surface area contributed by atoms with Crippen molar-refractivity contribution >= 4 is 41.0 Å².